The third-order valence-electron chi connectivity index (χ3n) is 8.02. The summed E-state index contributed by atoms with van der Waals surface area (Å²) in [4.78, 5) is 36.2. The van der Waals surface area contributed by atoms with Crippen molar-refractivity contribution in [2.24, 2.45) is 34.6 Å². The van der Waals surface area contributed by atoms with Crippen molar-refractivity contribution in [3.63, 3.8) is 0 Å². The first kappa shape index (κ1) is 17.1. The highest BCUT2D eigenvalue weighted by atomic mass is 16.2. The Labute approximate surface area is 175 Å². The molecular weight excluding hydrogens is 380 g/mol. The molecule has 5 aliphatic heterocycles. The van der Waals surface area contributed by atoms with Gasteiger partial charge in [-0.3, -0.25) is 19.7 Å². The highest BCUT2D eigenvalue weighted by molar-refractivity contribution is 6.12. The van der Waals surface area contributed by atoms with Crippen molar-refractivity contribution in [3.8, 4) is 0 Å². The lowest BCUT2D eigenvalue weighted by atomic mass is 9.89. The van der Waals surface area contributed by atoms with E-state index in [1.54, 1.807) is 11.9 Å². The summed E-state index contributed by atoms with van der Waals surface area (Å²) in [5.74, 6) is 3.27. The third kappa shape index (κ3) is 2.40. The van der Waals surface area contributed by atoms with Crippen molar-refractivity contribution < 1.29 is 9.59 Å². The van der Waals surface area contributed by atoms with Crippen LogP contribution in [0, 0.1) is 29.6 Å². The van der Waals surface area contributed by atoms with Crippen molar-refractivity contribution in [1.82, 2.24) is 25.1 Å². The molecular formula is C22H26N6O2. The van der Waals surface area contributed by atoms with Crippen LogP contribution in [-0.2, 0) is 4.79 Å². The molecule has 0 aromatic carbocycles. The highest BCUT2D eigenvalue weighted by Gasteiger charge is 2.54. The van der Waals surface area contributed by atoms with Crippen molar-refractivity contribution in [2.45, 2.75) is 25.2 Å². The molecule has 3 amide bonds. The second-order valence-electron chi connectivity index (χ2n) is 9.90. The van der Waals surface area contributed by atoms with Gasteiger partial charge in [0.2, 0.25) is 0 Å². The number of likely N-dealkylation sites (tertiary alicyclic amines) is 2. The number of amides is 3. The fourth-order valence-electron chi connectivity index (χ4n) is 6.12. The van der Waals surface area contributed by atoms with Gasteiger partial charge in [0.05, 0.1) is 5.57 Å². The number of hydrazine groups is 1. The molecule has 30 heavy (non-hydrogen) atoms. The van der Waals surface area contributed by atoms with E-state index < -0.39 is 0 Å². The second-order valence-corrected chi connectivity index (χ2v) is 9.90. The van der Waals surface area contributed by atoms with E-state index >= 15 is 0 Å². The number of carbonyl (C=O) groups is 2. The number of allylic oxidation sites excluding steroid dienone is 1. The fraction of sp³-hybridized carbons (Fsp3) is 0.591. The number of dihydropyridines is 1. The van der Waals surface area contributed by atoms with E-state index in [2.05, 4.69) is 22.5 Å². The van der Waals surface area contributed by atoms with Crippen LogP contribution in [0.5, 0.6) is 0 Å². The van der Waals surface area contributed by atoms with Crippen LogP contribution in [0.25, 0.3) is 0 Å². The van der Waals surface area contributed by atoms with Gasteiger partial charge < -0.3 is 9.80 Å². The zero-order chi connectivity index (χ0) is 20.1. The lowest BCUT2D eigenvalue weighted by Gasteiger charge is -2.42. The van der Waals surface area contributed by atoms with E-state index in [0.29, 0.717) is 11.8 Å². The summed E-state index contributed by atoms with van der Waals surface area (Å²) in [6, 6.07) is -0.0494. The zero-order valence-electron chi connectivity index (χ0n) is 17.0. The monoisotopic (exact) mass is 406 g/mol. The number of rotatable bonds is 2. The van der Waals surface area contributed by atoms with Gasteiger partial charge in [-0.05, 0) is 48.7 Å². The first-order chi connectivity index (χ1) is 14.6. The van der Waals surface area contributed by atoms with Gasteiger partial charge in [0, 0.05) is 50.7 Å². The van der Waals surface area contributed by atoms with E-state index in [1.807, 2.05) is 23.4 Å². The van der Waals surface area contributed by atoms with Gasteiger partial charge in [-0.25, -0.2) is 10.2 Å². The highest BCUT2D eigenvalue weighted by Crippen LogP contribution is 2.53. The molecule has 5 heterocycles. The Kier molecular flexibility index (Phi) is 3.28. The number of fused-ring (bicyclic) bond motifs is 5. The Balaban J connectivity index is 1.13. The minimum Gasteiger partial charge on any atom is -0.349 e. The Morgan fingerprint density at radius 2 is 1.97 bits per heavy atom. The Hall–Kier alpha value is -2.61. The molecule has 0 radical (unpaired) electrons. The molecule has 2 aliphatic carbocycles. The third-order valence-corrected chi connectivity index (χ3v) is 8.02. The molecule has 156 valence electrons. The number of piperidine rings is 2. The maximum absolute atomic E-state index is 13.0. The molecule has 0 bridgehead atoms. The summed E-state index contributed by atoms with van der Waals surface area (Å²) in [6.45, 7) is 2.84. The average Bonchev–Trinajstić information content (AvgIpc) is 3.65. The molecule has 5 fully saturated rings. The van der Waals surface area contributed by atoms with Crippen LogP contribution in [-0.4, -0.2) is 76.9 Å². The van der Waals surface area contributed by atoms with E-state index in [0.717, 1.165) is 42.7 Å². The van der Waals surface area contributed by atoms with Crippen LogP contribution in [0.4, 0.5) is 4.79 Å². The summed E-state index contributed by atoms with van der Waals surface area (Å²) < 4.78 is 0. The zero-order valence-corrected chi connectivity index (χ0v) is 17.0. The molecule has 0 aromatic heterocycles. The van der Waals surface area contributed by atoms with Crippen LogP contribution in [0.2, 0.25) is 0 Å². The van der Waals surface area contributed by atoms with Gasteiger partial charge in [0.25, 0.3) is 5.91 Å². The van der Waals surface area contributed by atoms with E-state index in [9.17, 15) is 9.59 Å². The number of hydrogen-bond donors (Lipinski definition) is 1. The van der Waals surface area contributed by atoms with Crippen molar-refractivity contribution >= 4 is 18.2 Å². The van der Waals surface area contributed by atoms with Crippen molar-refractivity contribution in [2.75, 3.05) is 26.7 Å². The SMILES string of the molecule is CN1NC2C=C(N3CC4CC4C4C=C(C(=O)N5CC6CC6C5)C=NC43)C=CN2C1=O. The first-order valence-electron chi connectivity index (χ1n) is 11.1. The van der Waals surface area contributed by atoms with Gasteiger partial charge in [0.1, 0.15) is 12.3 Å². The van der Waals surface area contributed by atoms with E-state index in [-0.39, 0.29) is 30.2 Å². The maximum atomic E-state index is 13.0. The van der Waals surface area contributed by atoms with Gasteiger partial charge in [0.15, 0.2) is 0 Å². The largest absolute Gasteiger partial charge is 0.349 e. The number of carbonyl (C=O) groups excluding carboxylic acids is 2. The van der Waals surface area contributed by atoms with Gasteiger partial charge in [-0.15, -0.1) is 0 Å². The Morgan fingerprint density at radius 3 is 2.80 bits per heavy atom. The van der Waals surface area contributed by atoms with Crippen LogP contribution < -0.4 is 5.43 Å². The predicted molar refractivity (Wildman–Crippen MR) is 109 cm³/mol. The van der Waals surface area contributed by atoms with Crippen LogP contribution in [0.3, 0.4) is 0 Å². The number of hydrogen-bond acceptors (Lipinski definition) is 5. The molecule has 1 N–H and O–H groups in total. The minimum atomic E-state index is -0.153. The van der Waals surface area contributed by atoms with E-state index in [1.165, 1.54) is 17.9 Å². The lowest BCUT2D eigenvalue weighted by Crippen LogP contribution is -2.47. The fourth-order valence-corrected chi connectivity index (χ4v) is 6.12. The van der Waals surface area contributed by atoms with Crippen molar-refractivity contribution in [1.29, 1.82) is 0 Å². The predicted octanol–water partition coefficient (Wildman–Crippen LogP) is 0.979. The standard InChI is InChI=1S/C22H26N6O2/c1-25-22(30)27-3-2-16(7-19(27)24-25)28-11-15-6-17(15)18-5-12(8-23-20(18)28)21(29)26-9-13-4-14(13)10-26/h2-3,5,7-8,13-15,17-20,24H,4,6,9-11H2,1H3. The van der Waals surface area contributed by atoms with Crippen LogP contribution in [0.1, 0.15) is 12.8 Å². The normalized spacial score (nSPS) is 42.4. The molecule has 0 spiro atoms. The van der Waals surface area contributed by atoms with Gasteiger partial charge in [-0.2, -0.15) is 0 Å². The number of nitrogens with zero attached hydrogens (tertiary/aromatic N) is 5. The molecule has 2 saturated carbocycles. The molecule has 3 saturated heterocycles. The summed E-state index contributed by atoms with van der Waals surface area (Å²) in [5.41, 5.74) is 5.07. The first-order valence-corrected chi connectivity index (χ1v) is 11.1. The van der Waals surface area contributed by atoms with Gasteiger partial charge in [-0.1, -0.05) is 6.08 Å². The van der Waals surface area contributed by atoms with E-state index in [4.69, 9.17) is 4.99 Å². The van der Waals surface area contributed by atoms with Crippen molar-refractivity contribution in [3.05, 3.63) is 35.7 Å². The quantitative estimate of drug-likeness (QED) is 0.742. The molecule has 7 unspecified atom stereocenters. The lowest BCUT2D eigenvalue weighted by molar-refractivity contribution is -0.126. The summed E-state index contributed by atoms with van der Waals surface area (Å²) in [6.07, 6.45) is 12.4. The van der Waals surface area contributed by atoms with Gasteiger partial charge >= 0.3 is 6.03 Å². The molecule has 8 heteroatoms. The summed E-state index contributed by atoms with van der Waals surface area (Å²) >= 11 is 0. The smallest absolute Gasteiger partial charge is 0.339 e. The summed E-state index contributed by atoms with van der Waals surface area (Å²) in [5, 5.41) is 1.52. The topological polar surface area (TPSA) is 71.5 Å². The molecule has 7 rings (SSSR count). The van der Waals surface area contributed by atoms with Crippen LogP contribution in [0.15, 0.2) is 40.7 Å². The minimum absolute atomic E-state index is 0.0366. The molecule has 7 aliphatic rings. The summed E-state index contributed by atoms with van der Waals surface area (Å²) in [7, 11) is 1.74. The molecule has 8 nitrogen and oxygen atoms in total. The number of nitrogens with one attached hydrogen (secondary N) is 1. The molecule has 7 atom stereocenters. The Bertz CT molecular complexity index is 959. The average molecular weight is 406 g/mol. The number of aliphatic imine (C=N–C) groups is 1. The maximum Gasteiger partial charge on any atom is 0.339 e. The number of urea groups is 1. The second kappa shape index (κ2) is 5.75. The van der Waals surface area contributed by atoms with Crippen LogP contribution >= 0.6 is 0 Å². The molecule has 0 aromatic rings. The Morgan fingerprint density at radius 1 is 1.13 bits per heavy atom.